The third-order valence-electron chi connectivity index (χ3n) is 2.92. The molecule has 0 radical (unpaired) electrons. The minimum atomic E-state index is -1.35. The van der Waals surface area contributed by atoms with Crippen molar-refractivity contribution in [2.75, 3.05) is 20.3 Å². The second-order valence-corrected chi connectivity index (χ2v) is 6.18. The SMILES string of the molecule is CCOc1cccc(/C=C2/SC(=S)N(C)C2=O)c1OCC(=O)[O-]. The van der Waals surface area contributed by atoms with Gasteiger partial charge < -0.3 is 19.4 Å². The summed E-state index contributed by atoms with van der Waals surface area (Å²) in [4.78, 5) is 24.6. The van der Waals surface area contributed by atoms with E-state index in [4.69, 9.17) is 21.7 Å². The molecule has 1 fully saturated rings. The first-order chi connectivity index (χ1) is 10.9. The number of nitrogens with zero attached hydrogens (tertiary/aromatic N) is 1. The van der Waals surface area contributed by atoms with Gasteiger partial charge in [-0.25, -0.2) is 0 Å². The molecule has 1 amide bonds. The second-order valence-electron chi connectivity index (χ2n) is 4.51. The Bertz CT molecular complexity index is 686. The maximum Gasteiger partial charge on any atom is 0.265 e. The molecule has 1 saturated heterocycles. The number of amides is 1. The summed E-state index contributed by atoms with van der Waals surface area (Å²) in [7, 11) is 1.60. The van der Waals surface area contributed by atoms with E-state index in [-0.39, 0.29) is 11.7 Å². The van der Waals surface area contributed by atoms with Gasteiger partial charge in [0.1, 0.15) is 10.9 Å². The molecule has 0 aliphatic carbocycles. The van der Waals surface area contributed by atoms with Gasteiger partial charge in [0, 0.05) is 12.6 Å². The van der Waals surface area contributed by atoms with Crippen molar-refractivity contribution in [3.8, 4) is 11.5 Å². The molecule has 1 aliphatic heterocycles. The molecule has 0 unspecified atom stereocenters. The number of carbonyl (C=O) groups excluding carboxylic acids is 2. The van der Waals surface area contributed by atoms with Gasteiger partial charge in [-0.2, -0.15) is 0 Å². The lowest BCUT2D eigenvalue weighted by Crippen LogP contribution is -2.29. The van der Waals surface area contributed by atoms with E-state index in [0.29, 0.717) is 27.1 Å². The van der Waals surface area contributed by atoms with Crippen molar-refractivity contribution >= 4 is 46.3 Å². The summed E-state index contributed by atoms with van der Waals surface area (Å²) in [6.45, 7) is 1.58. The van der Waals surface area contributed by atoms with Gasteiger partial charge in [0.2, 0.25) is 0 Å². The fourth-order valence-corrected chi connectivity index (χ4v) is 3.06. The van der Waals surface area contributed by atoms with Crippen LogP contribution in [0.2, 0.25) is 0 Å². The van der Waals surface area contributed by atoms with Crippen molar-refractivity contribution in [2.24, 2.45) is 0 Å². The topological polar surface area (TPSA) is 78.9 Å². The quantitative estimate of drug-likeness (QED) is 0.559. The predicted molar refractivity (Wildman–Crippen MR) is 89.0 cm³/mol. The van der Waals surface area contributed by atoms with Crippen molar-refractivity contribution in [1.29, 1.82) is 0 Å². The van der Waals surface area contributed by atoms with Crippen LogP contribution in [-0.2, 0) is 9.59 Å². The Kier molecular flexibility index (Phi) is 5.62. The van der Waals surface area contributed by atoms with Gasteiger partial charge >= 0.3 is 0 Å². The van der Waals surface area contributed by atoms with Crippen LogP contribution in [-0.4, -0.2) is 41.4 Å². The van der Waals surface area contributed by atoms with Crippen molar-refractivity contribution in [2.45, 2.75) is 6.92 Å². The van der Waals surface area contributed by atoms with E-state index < -0.39 is 12.6 Å². The fourth-order valence-electron chi connectivity index (χ4n) is 1.89. The first-order valence-electron chi connectivity index (χ1n) is 6.74. The van der Waals surface area contributed by atoms with Crippen LogP contribution in [0.5, 0.6) is 11.5 Å². The number of hydrogen-bond acceptors (Lipinski definition) is 7. The predicted octanol–water partition coefficient (Wildman–Crippen LogP) is 1.04. The molecule has 1 aliphatic rings. The maximum atomic E-state index is 12.1. The largest absolute Gasteiger partial charge is 0.546 e. The van der Waals surface area contributed by atoms with Gasteiger partial charge in [-0.3, -0.25) is 9.69 Å². The van der Waals surface area contributed by atoms with E-state index >= 15 is 0 Å². The fraction of sp³-hybridized carbons (Fsp3) is 0.267. The number of thiocarbonyl (C=S) groups is 1. The maximum absolute atomic E-state index is 12.1. The van der Waals surface area contributed by atoms with E-state index in [1.165, 1.54) is 16.7 Å². The minimum absolute atomic E-state index is 0.215. The molecule has 8 heteroatoms. The third kappa shape index (κ3) is 4.02. The summed E-state index contributed by atoms with van der Waals surface area (Å²) in [6.07, 6.45) is 1.61. The summed E-state index contributed by atoms with van der Waals surface area (Å²) in [5.74, 6) is -0.913. The van der Waals surface area contributed by atoms with Crippen LogP contribution < -0.4 is 14.6 Å². The molecular weight excluding hydrogens is 338 g/mol. The van der Waals surface area contributed by atoms with Crippen molar-refractivity contribution < 1.29 is 24.2 Å². The Labute approximate surface area is 143 Å². The van der Waals surface area contributed by atoms with Crippen LogP contribution in [0, 0.1) is 0 Å². The highest BCUT2D eigenvalue weighted by molar-refractivity contribution is 8.26. The smallest absolute Gasteiger partial charge is 0.265 e. The lowest BCUT2D eigenvalue weighted by atomic mass is 10.1. The number of hydrogen-bond donors (Lipinski definition) is 0. The zero-order valence-electron chi connectivity index (χ0n) is 12.5. The molecule has 0 aromatic heterocycles. The summed E-state index contributed by atoms with van der Waals surface area (Å²) < 4.78 is 11.2. The molecule has 2 rings (SSSR count). The van der Waals surface area contributed by atoms with E-state index in [1.54, 1.807) is 38.2 Å². The molecule has 0 bridgehead atoms. The van der Waals surface area contributed by atoms with Gasteiger partial charge in [0.15, 0.2) is 11.5 Å². The summed E-state index contributed by atoms with van der Waals surface area (Å²) in [6, 6.07) is 5.10. The standard InChI is InChI=1S/C15H15NO5S2/c1-3-20-10-6-4-5-9(13(10)21-8-12(17)18)7-11-14(19)16(2)15(22)23-11/h4-7H,3,8H2,1-2H3,(H,17,18)/p-1/b11-7+. The molecule has 23 heavy (non-hydrogen) atoms. The van der Waals surface area contributed by atoms with Crippen LogP contribution in [0.3, 0.4) is 0 Å². The highest BCUT2D eigenvalue weighted by Crippen LogP contribution is 2.37. The van der Waals surface area contributed by atoms with Crippen LogP contribution in [0.1, 0.15) is 12.5 Å². The number of aliphatic carboxylic acids is 1. The molecule has 0 atom stereocenters. The lowest BCUT2D eigenvalue weighted by Gasteiger charge is -2.15. The number of carboxylic acid groups (broad SMARTS) is 1. The molecule has 1 heterocycles. The number of likely N-dealkylation sites (N-methyl/N-ethyl adjacent to an activating group) is 1. The number of carboxylic acids is 1. The summed E-state index contributed by atoms with van der Waals surface area (Å²) in [5, 5.41) is 10.7. The normalized spacial score (nSPS) is 16.1. The highest BCUT2D eigenvalue weighted by Gasteiger charge is 2.29. The van der Waals surface area contributed by atoms with E-state index in [1.807, 2.05) is 0 Å². The lowest BCUT2D eigenvalue weighted by molar-refractivity contribution is -0.307. The van der Waals surface area contributed by atoms with Gasteiger partial charge in [0.05, 0.1) is 17.5 Å². The monoisotopic (exact) mass is 352 g/mol. The molecule has 122 valence electrons. The van der Waals surface area contributed by atoms with Crippen LogP contribution in [0.25, 0.3) is 6.08 Å². The zero-order chi connectivity index (χ0) is 17.0. The number of rotatable bonds is 6. The minimum Gasteiger partial charge on any atom is -0.546 e. The van der Waals surface area contributed by atoms with E-state index in [2.05, 4.69) is 0 Å². The highest BCUT2D eigenvalue weighted by atomic mass is 32.2. The van der Waals surface area contributed by atoms with E-state index in [0.717, 1.165) is 0 Å². The van der Waals surface area contributed by atoms with Crippen LogP contribution in [0.4, 0.5) is 0 Å². The van der Waals surface area contributed by atoms with Crippen LogP contribution >= 0.6 is 24.0 Å². The Balaban J connectivity index is 2.41. The summed E-state index contributed by atoms with van der Waals surface area (Å²) >= 11 is 6.26. The average Bonchev–Trinajstić information content (AvgIpc) is 2.74. The Hall–Kier alpha value is -2.06. The Morgan fingerprint density at radius 1 is 1.43 bits per heavy atom. The van der Waals surface area contributed by atoms with Gasteiger partial charge in [-0.05, 0) is 19.1 Å². The molecule has 6 nitrogen and oxygen atoms in total. The third-order valence-corrected chi connectivity index (χ3v) is 4.40. The molecule has 0 saturated carbocycles. The molecule has 1 aromatic carbocycles. The van der Waals surface area contributed by atoms with E-state index in [9.17, 15) is 14.7 Å². The van der Waals surface area contributed by atoms with Gasteiger partial charge in [0.25, 0.3) is 5.91 Å². The first kappa shape index (κ1) is 17.3. The number of carbonyl (C=O) groups is 2. The number of para-hydroxylation sites is 1. The Morgan fingerprint density at radius 2 is 2.17 bits per heavy atom. The van der Waals surface area contributed by atoms with Gasteiger partial charge in [-0.1, -0.05) is 36.1 Å². The van der Waals surface area contributed by atoms with Gasteiger partial charge in [-0.15, -0.1) is 0 Å². The number of ether oxygens (including phenoxy) is 2. The average molecular weight is 352 g/mol. The van der Waals surface area contributed by atoms with Crippen LogP contribution in [0.15, 0.2) is 23.1 Å². The van der Waals surface area contributed by atoms with Crippen molar-refractivity contribution in [1.82, 2.24) is 4.90 Å². The molecular formula is C15H14NO5S2-. The number of benzene rings is 1. The number of thioether (sulfide) groups is 1. The molecule has 0 N–H and O–H groups in total. The van der Waals surface area contributed by atoms with Crippen molar-refractivity contribution in [3.05, 3.63) is 28.7 Å². The molecule has 1 aromatic rings. The van der Waals surface area contributed by atoms with Crippen molar-refractivity contribution in [3.63, 3.8) is 0 Å². The first-order valence-corrected chi connectivity index (χ1v) is 7.96. The molecule has 0 spiro atoms. The zero-order valence-corrected chi connectivity index (χ0v) is 14.2. The second kappa shape index (κ2) is 7.47. The Morgan fingerprint density at radius 3 is 2.74 bits per heavy atom. The summed E-state index contributed by atoms with van der Waals surface area (Å²) in [5.41, 5.74) is 0.533.